The molecule has 2 amide bonds. The molecule has 6 heteroatoms. The number of rotatable bonds is 4. The third-order valence-electron chi connectivity index (χ3n) is 4.96. The second-order valence-corrected chi connectivity index (χ2v) is 6.98. The van der Waals surface area contributed by atoms with Crippen molar-refractivity contribution in [2.75, 3.05) is 10.6 Å². The summed E-state index contributed by atoms with van der Waals surface area (Å²) in [6.45, 7) is 0. The predicted molar refractivity (Wildman–Crippen MR) is 117 cm³/mol. The van der Waals surface area contributed by atoms with Gasteiger partial charge in [-0.05, 0) is 48.5 Å². The molecule has 5 rings (SSSR count). The molecule has 2 N–H and O–H groups in total. The van der Waals surface area contributed by atoms with Crippen molar-refractivity contribution < 1.29 is 9.59 Å². The van der Waals surface area contributed by atoms with E-state index in [9.17, 15) is 9.59 Å². The van der Waals surface area contributed by atoms with E-state index in [4.69, 9.17) is 0 Å². The third kappa shape index (κ3) is 3.31. The minimum Gasteiger partial charge on any atom is -0.323 e. The molecule has 0 bridgehead atoms. The lowest BCUT2D eigenvalue weighted by molar-refractivity contribution is 0.101. The fourth-order valence-electron chi connectivity index (χ4n) is 3.45. The number of amides is 2. The van der Waals surface area contributed by atoms with Crippen LogP contribution >= 0.6 is 0 Å². The van der Waals surface area contributed by atoms with Gasteiger partial charge in [-0.15, -0.1) is 0 Å². The highest BCUT2D eigenvalue weighted by Crippen LogP contribution is 2.23. The molecule has 0 fully saturated rings. The third-order valence-corrected chi connectivity index (χ3v) is 4.96. The number of para-hydroxylation sites is 2. The number of nitrogens with zero attached hydrogens (tertiary/aromatic N) is 2. The summed E-state index contributed by atoms with van der Waals surface area (Å²) in [4.78, 5) is 25.5. The van der Waals surface area contributed by atoms with Crippen LogP contribution in [0, 0.1) is 0 Å². The lowest BCUT2D eigenvalue weighted by Crippen LogP contribution is -2.16. The number of fused-ring (bicyclic) bond motifs is 2. The van der Waals surface area contributed by atoms with Crippen LogP contribution in [-0.4, -0.2) is 20.6 Å². The molecule has 146 valence electrons. The second kappa shape index (κ2) is 7.25. The maximum atomic E-state index is 12.8. The Hall–Kier alpha value is -4.32. The van der Waals surface area contributed by atoms with E-state index in [1.54, 1.807) is 24.5 Å². The van der Waals surface area contributed by atoms with E-state index in [1.807, 2.05) is 81.9 Å². The Morgan fingerprint density at radius 1 is 0.600 bits per heavy atom. The molecule has 1 aromatic carbocycles. The Balaban J connectivity index is 1.38. The van der Waals surface area contributed by atoms with E-state index in [0.717, 1.165) is 11.0 Å². The molecule has 0 unspecified atom stereocenters. The van der Waals surface area contributed by atoms with Gasteiger partial charge in [0, 0.05) is 35.8 Å². The van der Waals surface area contributed by atoms with Gasteiger partial charge in [0.05, 0.1) is 22.5 Å². The number of nitrogens with one attached hydrogen (secondary N) is 2. The molecule has 0 spiro atoms. The summed E-state index contributed by atoms with van der Waals surface area (Å²) in [6, 6.07) is 22.3. The van der Waals surface area contributed by atoms with Gasteiger partial charge in [-0.1, -0.05) is 24.3 Å². The van der Waals surface area contributed by atoms with Crippen molar-refractivity contribution in [3.63, 3.8) is 0 Å². The van der Waals surface area contributed by atoms with Crippen LogP contribution in [0.5, 0.6) is 0 Å². The van der Waals surface area contributed by atoms with Gasteiger partial charge in [0.25, 0.3) is 11.8 Å². The normalized spacial score (nSPS) is 10.9. The van der Waals surface area contributed by atoms with Gasteiger partial charge in [-0.3, -0.25) is 9.59 Å². The molecule has 0 aliphatic heterocycles. The maximum Gasteiger partial charge on any atom is 0.257 e. The molecular formula is C24H18N4O2. The van der Waals surface area contributed by atoms with Gasteiger partial charge in [-0.2, -0.15) is 0 Å². The van der Waals surface area contributed by atoms with E-state index >= 15 is 0 Å². The first kappa shape index (κ1) is 17.8. The molecule has 5 aromatic rings. The lowest BCUT2D eigenvalue weighted by atomic mass is 10.2. The van der Waals surface area contributed by atoms with Crippen molar-refractivity contribution in [3.8, 4) is 0 Å². The average molecular weight is 394 g/mol. The van der Waals surface area contributed by atoms with Gasteiger partial charge >= 0.3 is 0 Å². The topological polar surface area (TPSA) is 67.0 Å². The molecule has 6 nitrogen and oxygen atoms in total. The van der Waals surface area contributed by atoms with Crippen LogP contribution in [-0.2, 0) is 0 Å². The lowest BCUT2D eigenvalue weighted by Gasteiger charge is -2.11. The number of aromatic nitrogens is 2. The summed E-state index contributed by atoms with van der Waals surface area (Å²) in [7, 11) is 0. The SMILES string of the molecule is O=C(Nc1ccccc1NC(=O)c1cc2ccccn2c1)c1cc2ccccn2c1. The van der Waals surface area contributed by atoms with Crippen LogP contribution < -0.4 is 10.6 Å². The zero-order valence-electron chi connectivity index (χ0n) is 15.9. The van der Waals surface area contributed by atoms with Crippen LogP contribution in [0.3, 0.4) is 0 Å². The summed E-state index contributed by atoms with van der Waals surface area (Å²) >= 11 is 0. The summed E-state index contributed by atoms with van der Waals surface area (Å²) in [5, 5.41) is 5.80. The fraction of sp³-hybridized carbons (Fsp3) is 0. The fourth-order valence-corrected chi connectivity index (χ4v) is 3.45. The predicted octanol–water partition coefficient (Wildman–Crippen LogP) is 4.70. The molecule has 0 aliphatic carbocycles. The quantitative estimate of drug-likeness (QED) is 0.464. The summed E-state index contributed by atoms with van der Waals surface area (Å²) in [6.07, 6.45) is 7.33. The van der Waals surface area contributed by atoms with Crippen molar-refractivity contribution in [2.45, 2.75) is 0 Å². The first-order chi connectivity index (χ1) is 14.7. The zero-order valence-corrected chi connectivity index (χ0v) is 15.9. The highest BCUT2D eigenvalue weighted by atomic mass is 16.2. The van der Waals surface area contributed by atoms with Gasteiger partial charge in [0.2, 0.25) is 0 Å². The highest BCUT2D eigenvalue weighted by molar-refractivity contribution is 6.10. The van der Waals surface area contributed by atoms with Crippen molar-refractivity contribution in [1.82, 2.24) is 8.80 Å². The zero-order chi connectivity index (χ0) is 20.5. The summed E-state index contributed by atoms with van der Waals surface area (Å²) in [5.74, 6) is -0.481. The van der Waals surface area contributed by atoms with E-state index < -0.39 is 0 Å². The maximum absolute atomic E-state index is 12.8. The second-order valence-electron chi connectivity index (χ2n) is 6.98. The molecular weight excluding hydrogens is 376 g/mol. The minimum absolute atomic E-state index is 0.241. The molecule has 4 heterocycles. The molecule has 0 aliphatic rings. The smallest absolute Gasteiger partial charge is 0.257 e. The standard InChI is InChI=1S/C24H18N4O2/c29-23(17-13-19-7-3-5-11-27(19)15-17)25-21-9-1-2-10-22(21)26-24(30)18-14-20-8-4-6-12-28(20)16-18/h1-16H,(H,25,29)(H,26,30). The number of carbonyl (C=O) groups excluding carboxylic acids is 2. The van der Waals surface area contributed by atoms with Crippen LogP contribution in [0.1, 0.15) is 20.7 Å². The van der Waals surface area contributed by atoms with E-state index in [2.05, 4.69) is 10.6 Å². The van der Waals surface area contributed by atoms with Gasteiger partial charge in [-0.25, -0.2) is 0 Å². The molecule has 4 aromatic heterocycles. The van der Waals surface area contributed by atoms with Crippen LogP contribution in [0.2, 0.25) is 0 Å². The molecule has 0 saturated carbocycles. The Morgan fingerprint density at radius 2 is 1.03 bits per heavy atom. The summed E-state index contributed by atoms with van der Waals surface area (Å²) in [5.41, 5.74) is 4.03. The van der Waals surface area contributed by atoms with E-state index in [0.29, 0.717) is 22.5 Å². The summed E-state index contributed by atoms with van der Waals surface area (Å²) < 4.78 is 3.78. The number of hydrogen-bond acceptors (Lipinski definition) is 2. The Labute approximate surface area is 172 Å². The van der Waals surface area contributed by atoms with Crippen LogP contribution in [0.4, 0.5) is 11.4 Å². The van der Waals surface area contributed by atoms with Gasteiger partial charge in [0.1, 0.15) is 0 Å². The van der Waals surface area contributed by atoms with Crippen molar-refractivity contribution in [3.05, 3.63) is 109 Å². The largest absolute Gasteiger partial charge is 0.323 e. The van der Waals surface area contributed by atoms with E-state index in [1.165, 1.54) is 0 Å². The van der Waals surface area contributed by atoms with Crippen LogP contribution in [0.25, 0.3) is 11.0 Å². The highest BCUT2D eigenvalue weighted by Gasteiger charge is 2.14. The number of benzene rings is 1. The molecule has 30 heavy (non-hydrogen) atoms. The monoisotopic (exact) mass is 394 g/mol. The number of hydrogen-bond donors (Lipinski definition) is 2. The Bertz CT molecular complexity index is 1220. The first-order valence-electron chi connectivity index (χ1n) is 9.53. The van der Waals surface area contributed by atoms with Crippen molar-refractivity contribution in [1.29, 1.82) is 0 Å². The average Bonchev–Trinajstić information content (AvgIpc) is 3.39. The van der Waals surface area contributed by atoms with Crippen LogP contribution in [0.15, 0.2) is 97.6 Å². The van der Waals surface area contributed by atoms with Gasteiger partial charge < -0.3 is 19.4 Å². The Morgan fingerprint density at radius 3 is 1.47 bits per heavy atom. The number of anilines is 2. The molecule has 0 atom stereocenters. The van der Waals surface area contributed by atoms with Gasteiger partial charge in [0.15, 0.2) is 0 Å². The van der Waals surface area contributed by atoms with Crippen molar-refractivity contribution >= 4 is 34.2 Å². The Kier molecular flexibility index (Phi) is 4.29. The number of carbonyl (C=O) groups is 2. The molecule has 0 saturated heterocycles. The first-order valence-corrected chi connectivity index (χ1v) is 9.53. The minimum atomic E-state index is -0.241. The molecule has 0 radical (unpaired) electrons. The van der Waals surface area contributed by atoms with Crippen molar-refractivity contribution in [2.24, 2.45) is 0 Å². The number of pyridine rings is 2. The van der Waals surface area contributed by atoms with E-state index in [-0.39, 0.29) is 11.8 Å².